The molecule has 104 heavy (non-hydrogen) atoms. The second kappa shape index (κ2) is 35.7. The van der Waals surface area contributed by atoms with Crippen LogP contribution in [0, 0.1) is 17.8 Å². The number of carbonyl (C=O) groups is 4. The van der Waals surface area contributed by atoms with Gasteiger partial charge in [0.25, 0.3) is 25.8 Å². The van der Waals surface area contributed by atoms with Crippen molar-refractivity contribution in [1.29, 1.82) is 0 Å². The number of thioether (sulfide) groups is 1. The number of sulfonamides is 1. The van der Waals surface area contributed by atoms with Gasteiger partial charge in [0.1, 0.15) is 17.0 Å². The standard InChI is InChI=1S/C76H101F5N10O9S4/c1-51(19-30-67(77)78)63-46-75(7,8)33-31-57(63)47-89-40-42-90(43-41-89)59-26-24-56(25-27-59)71(94)86-104(99,100)62-28-29-64(66(45-62)103(97,98)76(79,80)81)84-58(49-101-61-16-12-11-13-17-61)32-35-88-38-36-87(37-39-88)34-15-10-9-14-18-68(93)85-70(74(4,5)6)73(96)91-48-60(92)44-65(91)72(95)83-52(2)54-20-22-55(23-21-54)69-53(3)82-50-102-69/h11-13,16-17,20-29,45,50,52,58,60,65,67,70,84,92H,1,9-10,14-15,18-19,30-44,46-49H2,2-8H3,(H,83,95)(H,85,93)(H,86,94)/t52-,58+,60+,65-,70+/m0/s1. The Bertz CT molecular complexity index is 4030. The second-order valence-corrected chi connectivity index (χ2v) is 35.3. The first-order valence-corrected chi connectivity index (χ1v) is 40.7. The molecule has 3 fully saturated rings. The van der Waals surface area contributed by atoms with Gasteiger partial charge in [-0.25, -0.2) is 35.3 Å². The van der Waals surface area contributed by atoms with Gasteiger partial charge < -0.3 is 40.7 Å². The molecule has 0 unspecified atom stereocenters. The highest BCUT2D eigenvalue weighted by molar-refractivity contribution is 7.99. The Morgan fingerprint density at radius 1 is 0.798 bits per heavy atom. The van der Waals surface area contributed by atoms with Crippen molar-refractivity contribution in [2.45, 2.75) is 182 Å². The number of thiazole rings is 1. The number of hydrogen-bond donors (Lipinski definition) is 5. The number of alkyl halides is 5. The molecule has 19 nitrogen and oxygen atoms in total. The number of nitrogens with zero attached hydrogens (tertiary/aromatic N) is 6. The van der Waals surface area contributed by atoms with Crippen LogP contribution < -0.4 is 25.6 Å². The molecular formula is C76H101F5N10O9S4. The molecule has 5 N–H and O–H groups in total. The maximum atomic E-state index is 14.6. The smallest absolute Gasteiger partial charge is 0.391 e. The van der Waals surface area contributed by atoms with E-state index >= 15 is 0 Å². The van der Waals surface area contributed by atoms with Gasteiger partial charge in [0.05, 0.1) is 38.8 Å². The maximum Gasteiger partial charge on any atom is 0.501 e. The second-order valence-electron chi connectivity index (χ2n) is 29.8. The highest BCUT2D eigenvalue weighted by Crippen LogP contribution is 2.43. The molecule has 568 valence electrons. The van der Waals surface area contributed by atoms with Crippen LogP contribution in [-0.4, -0.2) is 191 Å². The van der Waals surface area contributed by atoms with Crippen molar-refractivity contribution >= 4 is 78.0 Å². The average molecular weight is 1520 g/mol. The number of aliphatic hydroxyl groups excluding tert-OH is 1. The van der Waals surface area contributed by atoms with Crippen molar-refractivity contribution < 1.29 is 63.1 Å². The Kier molecular flexibility index (Phi) is 27.9. The molecule has 5 atom stereocenters. The van der Waals surface area contributed by atoms with Gasteiger partial charge in [-0.05, 0) is 147 Å². The molecule has 0 bridgehead atoms. The molecule has 3 aliphatic heterocycles. The third-order valence-corrected chi connectivity index (χ3v) is 25.2. The first kappa shape index (κ1) is 81.3. The van der Waals surface area contributed by atoms with Crippen molar-refractivity contribution in [3.63, 3.8) is 0 Å². The van der Waals surface area contributed by atoms with Crippen LogP contribution in [0.3, 0.4) is 0 Å². The first-order chi connectivity index (χ1) is 49.1. The Morgan fingerprint density at radius 3 is 2.09 bits per heavy atom. The van der Waals surface area contributed by atoms with Crippen LogP contribution in [0.15, 0.2) is 141 Å². The number of unbranched alkanes of at least 4 members (excludes halogenated alkanes) is 3. The number of likely N-dealkylation sites (tertiary alicyclic amines) is 1. The highest BCUT2D eigenvalue weighted by atomic mass is 32.2. The van der Waals surface area contributed by atoms with E-state index < -0.39 is 88.7 Å². The highest BCUT2D eigenvalue weighted by Gasteiger charge is 2.49. The lowest BCUT2D eigenvalue weighted by Gasteiger charge is -2.39. The fourth-order valence-corrected chi connectivity index (χ4v) is 17.7. The van der Waals surface area contributed by atoms with E-state index in [-0.39, 0.29) is 61.1 Å². The first-order valence-electron chi connectivity index (χ1n) is 35.9. The number of aromatic nitrogens is 1. The molecule has 0 spiro atoms. The van der Waals surface area contributed by atoms with Crippen LogP contribution in [-0.2, 0) is 34.2 Å². The number of carbonyl (C=O) groups excluding carboxylic acids is 4. The number of amides is 4. The van der Waals surface area contributed by atoms with Gasteiger partial charge in [-0.3, -0.25) is 24.1 Å². The summed E-state index contributed by atoms with van der Waals surface area (Å²) in [6, 6.07) is 22.9. The molecular weight excluding hydrogens is 1420 g/mol. The monoisotopic (exact) mass is 1520 g/mol. The zero-order valence-corrected chi connectivity index (χ0v) is 63.8. The normalized spacial score (nSPS) is 19.0. The van der Waals surface area contributed by atoms with E-state index in [0.29, 0.717) is 77.0 Å². The van der Waals surface area contributed by atoms with E-state index in [2.05, 4.69) is 61.0 Å². The van der Waals surface area contributed by atoms with Crippen LogP contribution >= 0.6 is 23.1 Å². The third kappa shape index (κ3) is 22.2. The summed E-state index contributed by atoms with van der Waals surface area (Å²) in [6.07, 6.45) is 3.14. The van der Waals surface area contributed by atoms with Crippen molar-refractivity contribution in [3.05, 3.63) is 143 Å². The number of nitrogens with one attached hydrogen (secondary N) is 4. The van der Waals surface area contributed by atoms with Crippen LogP contribution in [0.1, 0.15) is 146 Å². The lowest BCUT2D eigenvalue weighted by molar-refractivity contribution is -0.144. The summed E-state index contributed by atoms with van der Waals surface area (Å²) in [4.78, 5) is 69.7. The third-order valence-electron chi connectivity index (χ3n) is 20.1. The molecule has 5 aromatic rings. The van der Waals surface area contributed by atoms with Crippen molar-refractivity contribution in [2.75, 3.05) is 94.5 Å². The van der Waals surface area contributed by atoms with Gasteiger partial charge >= 0.3 is 5.51 Å². The molecule has 4 amide bonds. The number of rotatable bonds is 32. The number of aryl methyl sites for hydroxylation is 1. The summed E-state index contributed by atoms with van der Waals surface area (Å²) >= 11 is 2.98. The Hall–Kier alpha value is -6.79. The fraction of sp³-hybridized carbons (Fsp3) is 0.539. The summed E-state index contributed by atoms with van der Waals surface area (Å²) in [7, 11) is -11.1. The maximum absolute atomic E-state index is 14.6. The van der Waals surface area contributed by atoms with E-state index in [1.165, 1.54) is 34.4 Å². The summed E-state index contributed by atoms with van der Waals surface area (Å²) in [5, 5.41) is 19.8. The molecule has 28 heteroatoms. The number of hydrogen-bond acceptors (Lipinski definition) is 17. The SMILES string of the molecule is C=C(CCC(F)F)C1=C(CN2CCN(c3ccc(C(=O)NS(=O)(=O)c4ccc(N[C@H](CCN5CCN(CCCCCCC(=O)N[C@H](C(=O)N6C[C@H](O)C[C@H]6C(=O)N[C@@H](C)c6ccc(-c7scnc7C)cc6)C(C)(C)C)CC5)CSc5ccccc5)c(S(=O)(=O)C(F)(F)F)c4)cc3)CC2)CCC(C)(C)C1. The fourth-order valence-electron chi connectivity index (χ4n) is 13.9. The molecule has 0 radical (unpaired) electrons. The number of benzene rings is 4. The summed E-state index contributed by atoms with van der Waals surface area (Å²) in [5.41, 5.74) is 1.56. The number of sulfone groups is 1. The molecule has 4 aliphatic rings. The molecule has 1 aromatic heterocycles. The number of piperazine rings is 2. The van der Waals surface area contributed by atoms with Crippen LogP contribution in [0.25, 0.3) is 10.4 Å². The van der Waals surface area contributed by atoms with Crippen LogP contribution in [0.2, 0.25) is 0 Å². The Morgan fingerprint density at radius 2 is 1.45 bits per heavy atom. The van der Waals surface area contributed by atoms with Gasteiger partial charge in [-0.2, -0.15) is 13.2 Å². The molecule has 4 aromatic carbocycles. The topological polar surface area (TPSA) is 234 Å². The zero-order valence-electron chi connectivity index (χ0n) is 60.6. The predicted octanol–water partition coefficient (Wildman–Crippen LogP) is 12.7. The Labute approximate surface area is 618 Å². The minimum atomic E-state index is -6.16. The van der Waals surface area contributed by atoms with Crippen LogP contribution in [0.5, 0.6) is 0 Å². The van der Waals surface area contributed by atoms with E-state index in [4.69, 9.17) is 0 Å². The molecule has 9 rings (SSSR count). The van der Waals surface area contributed by atoms with Gasteiger partial charge in [0, 0.05) is 119 Å². The molecule has 3 saturated heterocycles. The van der Waals surface area contributed by atoms with E-state index in [1.54, 1.807) is 29.0 Å². The summed E-state index contributed by atoms with van der Waals surface area (Å²) in [6.45, 7) is 25.5. The lowest BCUT2D eigenvalue weighted by atomic mass is 9.72. The Balaban J connectivity index is 0.735. The summed E-state index contributed by atoms with van der Waals surface area (Å²) < 4.78 is 126. The zero-order chi connectivity index (χ0) is 75.3. The minimum Gasteiger partial charge on any atom is -0.391 e. The number of allylic oxidation sites excluding steroid dienone is 2. The van der Waals surface area contributed by atoms with Crippen molar-refractivity contribution in [3.8, 4) is 10.4 Å². The molecule has 0 saturated carbocycles. The van der Waals surface area contributed by atoms with E-state index in [9.17, 15) is 63.1 Å². The van der Waals surface area contributed by atoms with Crippen molar-refractivity contribution in [2.24, 2.45) is 10.8 Å². The molecule has 4 heterocycles. The number of anilines is 2. The number of β-amino-alcohol motifs (C(OH)–C–C–N with tert-alkyl or cyclic N) is 1. The summed E-state index contributed by atoms with van der Waals surface area (Å²) in [5.74, 6) is -1.87. The van der Waals surface area contributed by atoms with Gasteiger partial charge in [0.2, 0.25) is 24.1 Å². The quantitative estimate of drug-likeness (QED) is 0.0153. The molecule has 1 aliphatic carbocycles. The lowest BCUT2D eigenvalue weighted by Crippen LogP contribution is -2.57. The number of aliphatic hydroxyl groups is 1. The van der Waals surface area contributed by atoms with Gasteiger partial charge in [-0.15, -0.1) is 23.1 Å². The van der Waals surface area contributed by atoms with Crippen molar-refractivity contribution in [1.82, 2.24) is 39.9 Å². The minimum absolute atomic E-state index is 0.0354. The van der Waals surface area contributed by atoms with Crippen LogP contribution in [0.4, 0.5) is 33.3 Å². The predicted molar refractivity (Wildman–Crippen MR) is 400 cm³/mol. The number of halogens is 5. The van der Waals surface area contributed by atoms with E-state index in [1.807, 2.05) is 93.9 Å². The average Bonchev–Trinajstić information content (AvgIpc) is 0.992. The largest absolute Gasteiger partial charge is 0.501 e. The van der Waals surface area contributed by atoms with Gasteiger partial charge in [0.15, 0.2) is 0 Å². The van der Waals surface area contributed by atoms with E-state index in [0.717, 1.165) is 114 Å². The van der Waals surface area contributed by atoms with Gasteiger partial charge in [-0.1, -0.05) is 108 Å².